The predicted octanol–water partition coefficient (Wildman–Crippen LogP) is 2.55. The number of hydrogen-bond donors (Lipinski definition) is 0. The van der Waals surface area contributed by atoms with Crippen molar-refractivity contribution < 1.29 is 21.9 Å². The fraction of sp³-hybridized carbons (Fsp3) is 0.143. The van der Waals surface area contributed by atoms with Crippen molar-refractivity contribution in [1.29, 1.82) is 0 Å². The van der Waals surface area contributed by atoms with Crippen molar-refractivity contribution in [2.24, 2.45) is 0 Å². The van der Waals surface area contributed by atoms with Crippen molar-refractivity contribution in [3.8, 4) is 5.75 Å². The van der Waals surface area contributed by atoms with Crippen LogP contribution < -0.4 is 4.74 Å². The fourth-order valence-corrected chi connectivity index (χ4v) is 2.18. The molecule has 1 rings (SSSR count). The second kappa shape index (κ2) is 4.11. The van der Waals surface area contributed by atoms with Gasteiger partial charge in [-0.05, 0) is 6.07 Å². The highest BCUT2D eigenvalue weighted by atomic mass is 35.7. The van der Waals surface area contributed by atoms with E-state index in [1.54, 1.807) is 0 Å². The van der Waals surface area contributed by atoms with Crippen molar-refractivity contribution in [1.82, 2.24) is 0 Å². The number of methoxy groups -OCH3 is 1. The first kappa shape index (κ1) is 12.5. The molecule has 84 valence electrons. The zero-order chi connectivity index (χ0) is 11.8. The van der Waals surface area contributed by atoms with Gasteiger partial charge in [-0.15, -0.1) is 0 Å². The number of ether oxygens (including phenoxy) is 1. The molecule has 0 saturated carbocycles. The largest absolute Gasteiger partial charge is 0.492 e. The lowest BCUT2D eigenvalue weighted by molar-refractivity contribution is 0.360. The van der Waals surface area contributed by atoms with Gasteiger partial charge in [0.1, 0.15) is 4.90 Å². The summed E-state index contributed by atoms with van der Waals surface area (Å²) in [5, 5.41) is -0.687. The quantitative estimate of drug-likeness (QED) is 0.616. The molecule has 0 fully saturated rings. The normalized spacial score (nSPS) is 11.5. The van der Waals surface area contributed by atoms with Crippen LogP contribution in [-0.2, 0) is 9.05 Å². The van der Waals surface area contributed by atoms with Crippen molar-refractivity contribution in [2.75, 3.05) is 7.11 Å². The van der Waals surface area contributed by atoms with Crippen LogP contribution in [-0.4, -0.2) is 15.5 Å². The zero-order valence-corrected chi connectivity index (χ0v) is 9.55. The van der Waals surface area contributed by atoms with Crippen LogP contribution in [0.2, 0.25) is 5.02 Å². The van der Waals surface area contributed by atoms with Crippen LogP contribution in [0.3, 0.4) is 0 Å². The van der Waals surface area contributed by atoms with Crippen molar-refractivity contribution >= 4 is 31.3 Å². The van der Waals surface area contributed by atoms with Crippen LogP contribution >= 0.6 is 22.3 Å². The third-order valence-electron chi connectivity index (χ3n) is 1.55. The highest BCUT2D eigenvalue weighted by Gasteiger charge is 2.25. The van der Waals surface area contributed by atoms with Gasteiger partial charge >= 0.3 is 0 Å². The number of halogens is 4. The smallest absolute Gasteiger partial charge is 0.265 e. The van der Waals surface area contributed by atoms with Gasteiger partial charge in [0.05, 0.1) is 12.1 Å². The molecule has 0 heterocycles. The summed E-state index contributed by atoms with van der Waals surface area (Å²) in [6, 6.07) is 0.682. The topological polar surface area (TPSA) is 43.4 Å². The van der Waals surface area contributed by atoms with E-state index in [0.29, 0.717) is 6.07 Å². The molecule has 0 radical (unpaired) electrons. The Labute approximate surface area is 94.0 Å². The lowest BCUT2D eigenvalue weighted by Gasteiger charge is -2.08. The monoisotopic (exact) mass is 276 g/mol. The number of benzene rings is 1. The zero-order valence-electron chi connectivity index (χ0n) is 7.22. The molecule has 0 bridgehead atoms. The first-order valence-electron chi connectivity index (χ1n) is 3.45. The van der Waals surface area contributed by atoms with Gasteiger partial charge in [-0.25, -0.2) is 12.8 Å². The Morgan fingerprint density at radius 3 is 2.27 bits per heavy atom. The van der Waals surface area contributed by atoms with Gasteiger partial charge in [-0.3, -0.25) is 0 Å². The van der Waals surface area contributed by atoms with Crippen LogP contribution in [0.25, 0.3) is 0 Å². The van der Waals surface area contributed by atoms with Crippen molar-refractivity contribution in [3.63, 3.8) is 0 Å². The molecule has 0 spiro atoms. The summed E-state index contributed by atoms with van der Waals surface area (Å²) in [6.45, 7) is 0. The molecule has 0 amide bonds. The van der Waals surface area contributed by atoms with Crippen molar-refractivity contribution in [2.45, 2.75) is 4.90 Å². The lowest BCUT2D eigenvalue weighted by Crippen LogP contribution is -2.01. The molecular weight excluding hydrogens is 273 g/mol. The summed E-state index contributed by atoms with van der Waals surface area (Å²) in [5.74, 6) is -3.69. The molecular formula is C7H4Cl2F2O3S. The van der Waals surface area contributed by atoms with E-state index in [0.717, 1.165) is 7.11 Å². The van der Waals surface area contributed by atoms with E-state index in [-0.39, 0.29) is 0 Å². The van der Waals surface area contributed by atoms with E-state index in [1.807, 2.05) is 0 Å². The van der Waals surface area contributed by atoms with Crippen LogP contribution in [0.15, 0.2) is 11.0 Å². The highest BCUT2D eigenvalue weighted by molar-refractivity contribution is 8.13. The van der Waals surface area contributed by atoms with Gasteiger partial charge in [0.2, 0.25) is 5.82 Å². The molecule has 0 N–H and O–H groups in total. The minimum absolute atomic E-state index is 0.682. The van der Waals surface area contributed by atoms with E-state index in [4.69, 9.17) is 22.3 Å². The van der Waals surface area contributed by atoms with Crippen LogP contribution in [0.4, 0.5) is 8.78 Å². The summed E-state index contributed by atoms with van der Waals surface area (Å²) in [5.41, 5.74) is 0. The second-order valence-corrected chi connectivity index (χ2v) is 5.40. The summed E-state index contributed by atoms with van der Waals surface area (Å²) in [7, 11) is 1.72. The maximum absolute atomic E-state index is 13.1. The number of hydrogen-bond acceptors (Lipinski definition) is 3. The SMILES string of the molecule is COc1c(S(=O)(=O)Cl)cc(Cl)c(F)c1F. The molecule has 0 atom stereocenters. The molecule has 0 aliphatic rings. The standard InChI is InChI=1S/C7H4Cl2F2O3S/c1-14-7-4(15(9,12)13)2-3(8)5(10)6(7)11/h2H,1H3. The Kier molecular flexibility index (Phi) is 3.42. The summed E-state index contributed by atoms with van der Waals surface area (Å²) in [6.07, 6.45) is 0. The van der Waals surface area contributed by atoms with Gasteiger partial charge in [-0.2, -0.15) is 4.39 Å². The van der Waals surface area contributed by atoms with E-state index in [9.17, 15) is 17.2 Å². The fourth-order valence-electron chi connectivity index (χ4n) is 0.928. The molecule has 3 nitrogen and oxygen atoms in total. The van der Waals surface area contributed by atoms with E-state index < -0.39 is 36.4 Å². The van der Waals surface area contributed by atoms with Gasteiger partial charge in [-0.1, -0.05) is 11.6 Å². The van der Waals surface area contributed by atoms with E-state index in [1.165, 1.54) is 0 Å². The molecule has 1 aromatic rings. The molecule has 1 aromatic carbocycles. The first-order chi connectivity index (χ1) is 6.79. The Bertz CT molecular complexity index is 501. The lowest BCUT2D eigenvalue weighted by atomic mass is 10.3. The van der Waals surface area contributed by atoms with Gasteiger partial charge in [0.15, 0.2) is 11.6 Å². The van der Waals surface area contributed by atoms with Gasteiger partial charge < -0.3 is 4.74 Å². The van der Waals surface area contributed by atoms with Gasteiger partial charge in [0.25, 0.3) is 9.05 Å². The third-order valence-corrected chi connectivity index (χ3v) is 3.15. The molecule has 8 heteroatoms. The third kappa shape index (κ3) is 2.32. The average Bonchev–Trinajstić information content (AvgIpc) is 2.12. The molecule has 0 saturated heterocycles. The first-order valence-corrected chi connectivity index (χ1v) is 6.14. The predicted molar refractivity (Wildman–Crippen MR) is 51.0 cm³/mol. The minimum Gasteiger partial charge on any atom is -0.492 e. The second-order valence-electron chi connectivity index (χ2n) is 2.46. The Morgan fingerprint density at radius 2 is 1.87 bits per heavy atom. The number of rotatable bonds is 2. The van der Waals surface area contributed by atoms with Crippen molar-refractivity contribution in [3.05, 3.63) is 22.7 Å². The Hall–Kier alpha value is -0.590. The molecule has 15 heavy (non-hydrogen) atoms. The molecule has 0 aliphatic heterocycles. The Balaban J connectivity index is 3.68. The average molecular weight is 277 g/mol. The Morgan fingerprint density at radius 1 is 1.33 bits per heavy atom. The van der Waals surface area contributed by atoms with E-state index in [2.05, 4.69) is 4.74 Å². The summed E-state index contributed by atoms with van der Waals surface area (Å²) in [4.78, 5) is -0.712. The molecule has 0 aromatic heterocycles. The minimum atomic E-state index is -4.25. The van der Waals surface area contributed by atoms with E-state index >= 15 is 0 Å². The van der Waals surface area contributed by atoms with Gasteiger partial charge in [0, 0.05) is 10.7 Å². The van der Waals surface area contributed by atoms with Crippen LogP contribution in [0, 0.1) is 11.6 Å². The molecule has 0 aliphatic carbocycles. The maximum atomic E-state index is 13.1. The maximum Gasteiger partial charge on any atom is 0.265 e. The molecule has 0 unspecified atom stereocenters. The van der Waals surface area contributed by atoms with Crippen LogP contribution in [0.5, 0.6) is 5.75 Å². The van der Waals surface area contributed by atoms with Crippen LogP contribution in [0.1, 0.15) is 0 Å². The highest BCUT2D eigenvalue weighted by Crippen LogP contribution is 2.34. The summed E-state index contributed by atoms with van der Waals surface area (Å²) < 4.78 is 52.4. The summed E-state index contributed by atoms with van der Waals surface area (Å²) >= 11 is 5.26.